The molecule has 49 heavy (non-hydrogen) atoms. The number of unbranched alkanes of at least 4 members (excludes halogenated alkanes) is 2. The van der Waals surface area contributed by atoms with E-state index in [2.05, 4.69) is 11.1 Å². The van der Waals surface area contributed by atoms with Gasteiger partial charge in [0.25, 0.3) is 5.91 Å². The fraction of sp³-hybridized carbons (Fsp3) is 0.412. The second-order valence-electron chi connectivity index (χ2n) is 13.1. The maximum atomic E-state index is 16.2. The van der Waals surface area contributed by atoms with Crippen LogP contribution in [0.5, 0.6) is 5.75 Å². The Labute approximate surface area is 280 Å². The third-order valence-corrected chi connectivity index (χ3v) is 13.9. The Hall–Kier alpha value is -3.72. The minimum absolute atomic E-state index is 0.158. The Morgan fingerprint density at radius 1 is 1.02 bits per heavy atom. The Kier molecular flexibility index (Phi) is 9.84. The van der Waals surface area contributed by atoms with E-state index in [0.29, 0.717) is 36.2 Å². The van der Waals surface area contributed by atoms with Crippen LogP contribution in [0.25, 0.3) is 5.57 Å². The molecule has 0 atom stereocenters. The molecule has 6 nitrogen and oxygen atoms in total. The highest BCUT2D eigenvalue weighted by Crippen LogP contribution is 2.47. The Balaban J connectivity index is 1.63. The predicted octanol–water partition coefficient (Wildman–Crippen LogP) is 7.86. The lowest BCUT2D eigenvalue weighted by atomic mass is 9.86. The van der Waals surface area contributed by atoms with Crippen molar-refractivity contribution < 1.29 is 52.9 Å². The number of carbonyl (C=O) groups is 2. The summed E-state index contributed by atoms with van der Waals surface area (Å²) in [6.45, 7) is 7.43. The number of nitrogens with zero attached hydrogens (tertiary/aromatic N) is 1. The van der Waals surface area contributed by atoms with Crippen LogP contribution >= 0.6 is 0 Å². The number of alkyl halides is 3. The first kappa shape index (κ1) is 36.6. The van der Waals surface area contributed by atoms with Crippen LogP contribution in [0.15, 0.2) is 52.8 Å². The van der Waals surface area contributed by atoms with Gasteiger partial charge in [-0.2, -0.15) is 21.6 Å². The molecule has 0 radical (unpaired) electrons. The van der Waals surface area contributed by atoms with Gasteiger partial charge in [0.2, 0.25) is 11.5 Å². The van der Waals surface area contributed by atoms with Gasteiger partial charge in [-0.15, -0.1) is 0 Å². The molecule has 0 aromatic heterocycles. The van der Waals surface area contributed by atoms with Crippen LogP contribution in [-0.2, 0) is 14.9 Å². The molecule has 0 N–H and O–H groups in total. The molecule has 264 valence electrons. The van der Waals surface area contributed by atoms with Gasteiger partial charge in [0, 0.05) is 18.7 Å². The molecule has 0 saturated carbocycles. The number of allylic oxidation sites excluding steroid dienone is 5. The van der Waals surface area contributed by atoms with Crippen molar-refractivity contribution in [3.05, 3.63) is 86.7 Å². The van der Waals surface area contributed by atoms with E-state index in [1.165, 1.54) is 31.3 Å². The number of hydrogen-bond acceptors (Lipinski definition) is 5. The standard InChI is InChI=1S/C34H34F7NO5SSi/c1-5-6-7-8-19-11-13-42(14-12-19)33(44)20-9-10-21(18(2)15-20)26-22-16-24(35)29(43)27(37)31(22)49(3,4)32-23(26)17-25(36)30(28(32)38)47-48(45,46)34(39,40)41/h9-10,15-17,19H,5-8,11-14H2,1-4H3. The first-order chi connectivity index (χ1) is 22.8. The minimum atomic E-state index is -6.53. The van der Waals surface area contributed by atoms with E-state index in [4.69, 9.17) is 0 Å². The van der Waals surface area contributed by atoms with Gasteiger partial charge >= 0.3 is 15.6 Å². The number of ketones is 1. The summed E-state index contributed by atoms with van der Waals surface area (Å²) < 4.78 is 129. The quantitative estimate of drug-likeness (QED) is 0.0909. The SMILES string of the molecule is CCCCCC1CCN(C(=O)c2ccc(C3=C4C=C(F)C(=O)C(F)=C4[Si](C)(C)c4c3cc(F)c(OS(=O)(=O)C(F)(F)F)c4F)c(C)c2)CC1. The summed E-state index contributed by atoms with van der Waals surface area (Å²) in [6, 6.07) is 4.95. The molecule has 0 spiro atoms. The average Bonchev–Trinajstić information content (AvgIpc) is 3.01. The van der Waals surface area contributed by atoms with E-state index in [9.17, 15) is 35.6 Å². The summed E-state index contributed by atoms with van der Waals surface area (Å²) in [5, 5.41) is -0.979. The third-order valence-electron chi connectivity index (χ3n) is 9.48. The Bertz CT molecular complexity index is 1940. The fourth-order valence-electron chi connectivity index (χ4n) is 6.98. The van der Waals surface area contributed by atoms with Crippen molar-refractivity contribution in [1.82, 2.24) is 4.90 Å². The van der Waals surface area contributed by atoms with Crippen LogP contribution < -0.4 is 9.37 Å². The summed E-state index contributed by atoms with van der Waals surface area (Å²) in [7, 11) is -10.5. The molecule has 2 aliphatic heterocycles. The molecule has 1 amide bonds. The van der Waals surface area contributed by atoms with E-state index >= 15 is 13.2 Å². The maximum absolute atomic E-state index is 16.2. The molecule has 5 rings (SSSR count). The van der Waals surface area contributed by atoms with Crippen molar-refractivity contribution in [2.24, 2.45) is 5.92 Å². The molecular weight excluding hydrogens is 696 g/mol. The van der Waals surface area contributed by atoms with Gasteiger partial charge in [-0.05, 0) is 88.2 Å². The molecule has 15 heteroatoms. The maximum Gasteiger partial charge on any atom is 0.534 e. The van der Waals surface area contributed by atoms with Crippen LogP contribution in [0, 0.1) is 24.5 Å². The van der Waals surface area contributed by atoms with Gasteiger partial charge < -0.3 is 9.08 Å². The third kappa shape index (κ3) is 6.51. The molecule has 2 aromatic rings. The van der Waals surface area contributed by atoms with E-state index < -0.39 is 68.9 Å². The number of Topliss-reactive ketones (excluding diaryl/α,β-unsaturated/α-hetero) is 1. The number of hydrogen-bond donors (Lipinski definition) is 0. The first-order valence-electron chi connectivity index (χ1n) is 15.8. The normalized spacial score (nSPS) is 18.4. The molecule has 0 unspecified atom stereocenters. The number of benzene rings is 2. The fourth-order valence-corrected chi connectivity index (χ4v) is 10.8. The van der Waals surface area contributed by atoms with E-state index in [1.807, 2.05) is 0 Å². The van der Waals surface area contributed by atoms with Crippen LogP contribution in [-0.4, -0.2) is 51.7 Å². The van der Waals surface area contributed by atoms with E-state index in [0.717, 1.165) is 44.6 Å². The highest BCUT2D eigenvalue weighted by atomic mass is 32.2. The highest BCUT2D eigenvalue weighted by molar-refractivity contribution is 7.88. The molecular formula is C34H34F7NO5SSi. The average molecular weight is 730 g/mol. The zero-order chi connectivity index (χ0) is 36.2. The summed E-state index contributed by atoms with van der Waals surface area (Å²) >= 11 is 0. The van der Waals surface area contributed by atoms with Gasteiger partial charge in [-0.25, -0.2) is 17.6 Å². The number of piperidine rings is 1. The lowest BCUT2D eigenvalue weighted by molar-refractivity contribution is -0.115. The molecule has 3 aliphatic rings. The highest BCUT2D eigenvalue weighted by Gasteiger charge is 2.51. The largest absolute Gasteiger partial charge is 0.534 e. The zero-order valence-electron chi connectivity index (χ0n) is 27.2. The van der Waals surface area contributed by atoms with E-state index in [1.54, 1.807) is 11.8 Å². The number of aryl methyl sites for hydroxylation is 1. The van der Waals surface area contributed by atoms with Gasteiger partial charge in [0.05, 0.1) is 0 Å². The number of fused-ring (bicyclic) bond motifs is 2. The Morgan fingerprint density at radius 3 is 2.27 bits per heavy atom. The van der Waals surface area contributed by atoms with Crippen molar-refractivity contribution in [2.75, 3.05) is 13.1 Å². The van der Waals surface area contributed by atoms with Crippen molar-refractivity contribution in [3.8, 4) is 5.75 Å². The summed E-state index contributed by atoms with van der Waals surface area (Å²) in [5.74, 6) is -9.93. The number of carbonyl (C=O) groups excluding carboxylic acids is 2. The van der Waals surface area contributed by atoms with Crippen LogP contribution in [0.1, 0.15) is 72.5 Å². The number of amides is 1. The van der Waals surface area contributed by atoms with Crippen molar-refractivity contribution in [1.29, 1.82) is 0 Å². The second-order valence-corrected chi connectivity index (χ2v) is 18.9. The predicted molar refractivity (Wildman–Crippen MR) is 171 cm³/mol. The number of likely N-dealkylation sites (tertiary alicyclic amines) is 1. The summed E-state index contributed by atoms with van der Waals surface area (Å²) in [4.78, 5) is 27.7. The smallest absolute Gasteiger partial charge is 0.370 e. The molecule has 1 saturated heterocycles. The van der Waals surface area contributed by atoms with Crippen molar-refractivity contribution in [3.63, 3.8) is 0 Å². The van der Waals surface area contributed by atoms with Gasteiger partial charge in [-0.3, -0.25) is 9.59 Å². The topological polar surface area (TPSA) is 80.8 Å². The lowest BCUT2D eigenvalue weighted by Gasteiger charge is -2.38. The molecule has 0 bridgehead atoms. The zero-order valence-corrected chi connectivity index (χ0v) is 29.0. The van der Waals surface area contributed by atoms with E-state index in [-0.39, 0.29) is 28.2 Å². The van der Waals surface area contributed by atoms with Gasteiger partial charge in [-0.1, -0.05) is 51.8 Å². The minimum Gasteiger partial charge on any atom is -0.370 e. The number of rotatable bonds is 8. The first-order valence-corrected chi connectivity index (χ1v) is 20.2. The molecule has 1 aliphatic carbocycles. The van der Waals surface area contributed by atoms with Crippen LogP contribution in [0.4, 0.5) is 30.7 Å². The van der Waals surface area contributed by atoms with Gasteiger partial charge in [0.1, 0.15) is 8.07 Å². The van der Waals surface area contributed by atoms with Crippen LogP contribution in [0.2, 0.25) is 13.1 Å². The molecule has 1 fully saturated rings. The summed E-state index contributed by atoms with van der Waals surface area (Å²) in [6.07, 6.45) is 6.99. The summed E-state index contributed by atoms with van der Waals surface area (Å²) in [5.41, 5.74) is -5.92. The monoisotopic (exact) mass is 729 g/mol. The van der Waals surface area contributed by atoms with Gasteiger partial charge in [0.15, 0.2) is 23.3 Å². The van der Waals surface area contributed by atoms with Crippen molar-refractivity contribution in [2.45, 2.75) is 71.0 Å². The molecule has 2 aromatic carbocycles. The lowest BCUT2D eigenvalue weighted by Crippen LogP contribution is -2.52. The second kappa shape index (κ2) is 13.2. The Morgan fingerprint density at radius 2 is 1.67 bits per heavy atom. The van der Waals surface area contributed by atoms with Crippen molar-refractivity contribution >= 4 is 40.6 Å². The number of halogens is 7. The van der Waals surface area contributed by atoms with Crippen LogP contribution in [0.3, 0.4) is 0 Å². The molecule has 2 heterocycles.